The Kier molecular flexibility index (Phi) is 880. The topological polar surface area (TPSA) is 34.1 Å². The van der Waals surface area contributed by atoms with Crippen LogP contribution < -0.4 is 0 Å². The molecular formula is HAlBO2. The van der Waals surface area contributed by atoms with E-state index in [1.54, 1.807) is 0 Å². The summed E-state index contributed by atoms with van der Waals surface area (Å²) in [5.41, 5.74) is 0. The van der Waals surface area contributed by atoms with Gasteiger partial charge in [-0.05, 0) is 0 Å². The summed E-state index contributed by atoms with van der Waals surface area (Å²) >= 11 is 0.611. The first-order valence-corrected chi connectivity index (χ1v) is 1.10. The average molecular weight is 70.8 g/mol. The van der Waals surface area contributed by atoms with Gasteiger partial charge in [0.1, 0.15) is 0 Å². The summed E-state index contributed by atoms with van der Waals surface area (Å²) in [6.07, 6.45) is 0. The minimum absolute atomic E-state index is 0.611. The van der Waals surface area contributed by atoms with Crippen LogP contribution in [0.2, 0.25) is 0 Å². The molecule has 4 heteroatoms. The fourth-order valence-corrected chi connectivity index (χ4v) is 0. The fraction of sp³-hybridized carbons (Fsp3) is 0. The molecule has 0 aliphatic carbocycles. The molecule has 0 N–H and O–H groups in total. The van der Waals surface area contributed by atoms with Gasteiger partial charge >= 0.3 is 32.4 Å². The van der Waals surface area contributed by atoms with Gasteiger partial charge in [-0.1, -0.05) is 0 Å². The fourth-order valence-electron chi connectivity index (χ4n) is 0. The summed E-state index contributed by atoms with van der Waals surface area (Å²) in [5, 5.41) is 0. The van der Waals surface area contributed by atoms with Crippen LogP contribution in [0.25, 0.3) is 0 Å². The zero-order chi connectivity index (χ0) is 4.00. The Morgan fingerprint density at radius 1 is 1.25 bits per heavy atom. The van der Waals surface area contributed by atoms with Crippen molar-refractivity contribution < 1.29 is 8.51 Å². The van der Waals surface area contributed by atoms with Gasteiger partial charge in [0.2, 0.25) is 0 Å². The molecule has 0 amide bonds. The van der Waals surface area contributed by atoms with Gasteiger partial charge in [0.15, 0.2) is 0 Å². The van der Waals surface area contributed by atoms with Crippen molar-refractivity contribution in [3.05, 3.63) is 0 Å². The molecule has 2 nitrogen and oxygen atoms in total. The third-order valence-electron chi connectivity index (χ3n) is 0. The van der Waals surface area contributed by atoms with E-state index in [2.05, 4.69) is 7.72 Å². The molecule has 0 unspecified atom stereocenters. The molecule has 0 aliphatic rings. The predicted octanol–water partition coefficient (Wildman–Crippen LogP) is -1.27. The van der Waals surface area contributed by atoms with Crippen molar-refractivity contribution >= 4 is 23.9 Å². The van der Waals surface area contributed by atoms with Crippen LogP contribution in [0.4, 0.5) is 0 Å². The van der Waals surface area contributed by atoms with Crippen molar-refractivity contribution in [2.45, 2.75) is 0 Å². The molecule has 0 aromatic carbocycles. The number of hydrogen-bond acceptors (Lipinski definition) is 2. The van der Waals surface area contributed by atoms with Gasteiger partial charge in [-0.15, -0.1) is 0 Å². The van der Waals surface area contributed by atoms with E-state index in [4.69, 9.17) is 8.51 Å². The summed E-state index contributed by atoms with van der Waals surface area (Å²) in [6.45, 7) is 0. The molecule has 0 atom stereocenters. The molecule has 0 spiro atoms. The van der Waals surface area contributed by atoms with Gasteiger partial charge in [-0.2, -0.15) is 0 Å². The Hall–Kier alpha value is 0.197. The summed E-state index contributed by atoms with van der Waals surface area (Å²) in [5.74, 6) is 0. The van der Waals surface area contributed by atoms with E-state index in [0.717, 1.165) is 0 Å². The first kappa shape index (κ1) is 8.89. The van der Waals surface area contributed by atoms with Gasteiger partial charge < -0.3 is 0 Å². The van der Waals surface area contributed by atoms with E-state index < -0.39 is 0 Å². The third-order valence-corrected chi connectivity index (χ3v) is 0. The van der Waals surface area contributed by atoms with Crippen LogP contribution in [-0.4, -0.2) is 23.9 Å². The molecule has 0 aliphatic heterocycles. The average Bonchev–Trinajstić information content (AvgIpc) is 1.50. The van der Waals surface area contributed by atoms with Gasteiger partial charge in [-0.25, -0.2) is 0 Å². The minimum atomic E-state index is 0.611. The monoisotopic (exact) mass is 71.0 g/mol. The van der Waals surface area contributed by atoms with Crippen LogP contribution in [0, 0.1) is 0 Å². The van der Waals surface area contributed by atoms with Crippen molar-refractivity contribution in [1.29, 1.82) is 0 Å². The number of hydrogen-bond donors (Lipinski definition) is 0. The van der Waals surface area contributed by atoms with Crippen molar-refractivity contribution in [3.63, 3.8) is 0 Å². The van der Waals surface area contributed by atoms with Crippen LogP contribution >= 0.6 is 0 Å². The molecule has 0 aromatic heterocycles. The number of rotatable bonds is 0. The third kappa shape index (κ3) is 80.9. The van der Waals surface area contributed by atoms with Crippen LogP contribution in [0.1, 0.15) is 0 Å². The molecule has 4 heavy (non-hydrogen) atoms. The maximum atomic E-state index is 8.28. The molecule has 0 saturated heterocycles. The second-order valence-electron chi connectivity index (χ2n) is 0. The van der Waals surface area contributed by atoms with E-state index in [1.807, 2.05) is 0 Å². The Morgan fingerprint density at radius 2 is 1.25 bits per heavy atom. The Labute approximate surface area is 33.2 Å². The molecule has 0 fully saturated rings. The Bertz CT molecular complexity index is 8.00. The van der Waals surface area contributed by atoms with Crippen molar-refractivity contribution in [2.24, 2.45) is 0 Å². The van der Waals surface area contributed by atoms with E-state index in [0.29, 0.717) is 16.2 Å². The van der Waals surface area contributed by atoms with Gasteiger partial charge in [0.25, 0.3) is 0 Å². The van der Waals surface area contributed by atoms with Crippen molar-refractivity contribution in [2.75, 3.05) is 0 Å². The van der Waals surface area contributed by atoms with E-state index >= 15 is 0 Å². The Balaban J connectivity index is 0. The molecule has 1 radical (unpaired) electrons. The normalized spacial score (nSPS) is 1.50. The van der Waals surface area contributed by atoms with Gasteiger partial charge in [-0.3, -0.25) is 0 Å². The summed E-state index contributed by atoms with van der Waals surface area (Å²) < 4.78 is 16.0. The van der Waals surface area contributed by atoms with Gasteiger partial charge in [0.05, 0.1) is 0 Å². The van der Waals surface area contributed by atoms with Crippen LogP contribution in [-0.2, 0) is 8.51 Å². The molecule has 0 bridgehead atoms. The van der Waals surface area contributed by atoms with Gasteiger partial charge in [0, 0.05) is 0 Å². The SMILES string of the molecule is [B]=O.[O]=[AlH]. The molecule has 0 aromatic rings. The quantitative estimate of drug-likeness (QED) is 0.334. The van der Waals surface area contributed by atoms with E-state index in [9.17, 15) is 0 Å². The zero-order valence-corrected chi connectivity index (χ0v) is 3.52. The molecule has 0 saturated carbocycles. The second-order valence-corrected chi connectivity index (χ2v) is 0. The van der Waals surface area contributed by atoms with Crippen LogP contribution in [0.15, 0.2) is 0 Å². The Morgan fingerprint density at radius 3 is 1.25 bits per heavy atom. The molecule has 0 heterocycles. The second kappa shape index (κ2) is 396. The summed E-state index contributed by atoms with van der Waals surface area (Å²) in [4.78, 5) is 0. The predicted molar refractivity (Wildman–Crippen MR) is 14.3 cm³/mol. The molecule has 0 rings (SSSR count). The van der Waals surface area contributed by atoms with Crippen LogP contribution in [0.5, 0.6) is 0 Å². The van der Waals surface area contributed by atoms with Crippen LogP contribution in [0.3, 0.4) is 0 Å². The first-order valence-electron chi connectivity index (χ1n) is 0.524. The molecule has 19 valence electrons. The zero-order valence-electron chi connectivity index (χ0n) is 2.10. The first-order chi connectivity index (χ1) is 2.00. The maximum absolute atomic E-state index is 8.28. The van der Waals surface area contributed by atoms with E-state index in [-0.39, 0.29) is 0 Å². The standard InChI is InChI=1S/Al.BO.O.H/c;1-2;;. The molecular weight excluding hydrogens is 69.8 g/mol. The summed E-state index contributed by atoms with van der Waals surface area (Å²) in [7, 11) is 3.25. The summed E-state index contributed by atoms with van der Waals surface area (Å²) in [6, 6.07) is 0. The van der Waals surface area contributed by atoms with Crippen molar-refractivity contribution in [3.8, 4) is 0 Å². The van der Waals surface area contributed by atoms with E-state index in [1.165, 1.54) is 0 Å². The van der Waals surface area contributed by atoms with Crippen molar-refractivity contribution in [1.82, 2.24) is 0 Å².